The molecule has 36 heavy (non-hydrogen) atoms. The molecule has 1 atom stereocenters. The lowest BCUT2D eigenvalue weighted by atomic mass is 9.97. The molecule has 0 fully saturated rings. The van der Waals surface area contributed by atoms with Crippen LogP contribution in [0.3, 0.4) is 0 Å². The van der Waals surface area contributed by atoms with Crippen molar-refractivity contribution in [1.82, 2.24) is 0 Å². The maximum atomic E-state index is 13.4. The number of nitrogens with one attached hydrogen (secondary N) is 1. The van der Waals surface area contributed by atoms with E-state index < -0.39 is 12.1 Å². The first-order valence-corrected chi connectivity index (χ1v) is 11.7. The number of hydrogen-bond acceptors (Lipinski definition) is 4. The van der Waals surface area contributed by atoms with Gasteiger partial charge in [0, 0.05) is 22.4 Å². The zero-order valence-electron chi connectivity index (χ0n) is 20.4. The molecule has 4 aromatic carbocycles. The summed E-state index contributed by atoms with van der Waals surface area (Å²) in [5.41, 5.74) is 5.57. The SMILES string of the molecule is Cc1ccc(C(=O)Nc2ccc(C(=O)O[C@@H](C(=O)c3ccc(C)c(C)c3)c3ccccc3)cc2)cc1. The lowest BCUT2D eigenvalue weighted by Gasteiger charge is -2.18. The van der Waals surface area contributed by atoms with Gasteiger partial charge in [-0.25, -0.2) is 4.79 Å². The van der Waals surface area contributed by atoms with Gasteiger partial charge in [-0.15, -0.1) is 0 Å². The van der Waals surface area contributed by atoms with Crippen LogP contribution in [0.15, 0.2) is 97.1 Å². The van der Waals surface area contributed by atoms with Gasteiger partial charge in [-0.3, -0.25) is 9.59 Å². The van der Waals surface area contributed by atoms with Crippen LogP contribution in [0.4, 0.5) is 5.69 Å². The molecule has 4 rings (SSSR count). The third kappa shape index (κ3) is 5.76. The second-order valence-corrected chi connectivity index (χ2v) is 8.76. The molecule has 0 aliphatic heterocycles. The Bertz CT molecular complexity index is 1390. The molecule has 0 aliphatic rings. The fourth-order valence-corrected chi connectivity index (χ4v) is 3.72. The summed E-state index contributed by atoms with van der Waals surface area (Å²) in [6.07, 6.45) is -1.08. The molecule has 0 saturated carbocycles. The smallest absolute Gasteiger partial charge is 0.339 e. The Morgan fingerprint density at radius 3 is 1.92 bits per heavy atom. The lowest BCUT2D eigenvalue weighted by molar-refractivity contribution is 0.0280. The van der Waals surface area contributed by atoms with Gasteiger partial charge >= 0.3 is 5.97 Å². The largest absolute Gasteiger partial charge is 0.445 e. The molecule has 1 amide bonds. The number of carbonyl (C=O) groups is 3. The van der Waals surface area contributed by atoms with Crippen LogP contribution in [-0.4, -0.2) is 17.7 Å². The number of carbonyl (C=O) groups excluding carboxylic acids is 3. The van der Waals surface area contributed by atoms with Crippen molar-refractivity contribution in [3.05, 3.63) is 136 Å². The molecule has 0 radical (unpaired) electrons. The third-order valence-corrected chi connectivity index (χ3v) is 6.05. The van der Waals surface area contributed by atoms with Gasteiger partial charge in [-0.05, 0) is 74.4 Å². The number of anilines is 1. The Morgan fingerprint density at radius 2 is 1.28 bits per heavy atom. The van der Waals surface area contributed by atoms with Crippen molar-refractivity contribution in [2.45, 2.75) is 26.9 Å². The first-order valence-electron chi connectivity index (χ1n) is 11.7. The van der Waals surface area contributed by atoms with Crippen molar-refractivity contribution < 1.29 is 19.1 Å². The molecule has 1 N–H and O–H groups in total. The molecule has 0 bridgehead atoms. The van der Waals surface area contributed by atoms with Gasteiger partial charge in [0.2, 0.25) is 5.78 Å². The number of aryl methyl sites for hydroxylation is 3. The van der Waals surface area contributed by atoms with Crippen LogP contribution in [-0.2, 0) is 4.74 Å². The number of benzene rings is 4. The third-order valence-electron chi connectivity index (χ3n) is 6.05. The summed E-state index contributed by atoms with van der Waals surface area (Å²) in [6.45, 7) is 5.87. The summed E-state index contributed by atoms with van der Waals surface area (Å²) in [5.74, 6) is -1.16. The lowest BCUT2D eigenvalue weighted by Crippen LogP contribution is -2.20. The molecule has 5 nitrogen and oxygen atoms in total. The Hall–Kier alpha value is -4.51. The number of esters is 1. The van der Waals surface area contributed by atoms with Crippen LogP contribution in [0.5, 0.6) is 0 Å². The van der Waals surface area contributed by atoms with E-state index in [1.54, 1.807) is 66.7 Å². The van der Waals surface area contributed by atoms with Gasteiger partial charge in [0.1, 0.15) is 0 Å². The van der Waals surface area contributed by atoms with Crippen LogP contribution in [0, 0.1) is 20.8 Å². The fourth-order valence-electron chi connectivity index (χ4n) is 3.72. The fraction of sp³-hybridized carbons (Fsp3) is 0.129. The molecule has 0 saturated heterocycles. The molecular formula is C31H27NO4. The van der Waals surface area contributed by atoms with Crippen LogP contribution in [0.25, 0.3) is 0 Å². The van der Waals surface area contributed by atoms with Crippen molar-refractivity contribution in [2.75, 3.05) is 5.32 Å². The number of amides is 1. The van der Waals surface area contributed by atoms with E-state index in [-0.39, 0.29) is 17.3 Å². The molecule has 0 aliphatic carbocycles. The number of ether oxygens (including phenoxy) is 1. The molecule has 0 unspecified atom stereocenters. The number of ketones is 1. The summed E-state index contributed by atoms with van der Waals surface area (Å²) < 4.78 is 5.73. The van der Waals surface area contributed by atoms with Gasteiger partial charge in [0.05, 0.1) is 5.56 Å². The van der Waals surface area contributed by atoms with Crippen molar-refractivity contribution in [3.8, 4) is 0 Å². The summed E-state index contributed by atoms with van der Waals surface area (Å²) in [4.78, 5) is 38.9. The van der Waals surface area contributed by atoms with Gasteiger partial charge in [0.25, 0.3) is 5.91 Å². The minimum Gasteiger partial charge on any atom is -0.445 e. The number of Topliss-reactive ketones (excluding diaryl/α,β-unsaturated/α-hetero) is 1. The number of rotatable bonds is 7. The first kappa shape index (κ1) is 24.6. The highest BCUT2D eigenvalue weighted by molar-refractivity contribution is 6.05. The zero-order chi connectivity index (χ0) is 25.7. The second-order valence-electron chi connectivity index (χ2n) is 8.76. The van der Waals surface area contributed by atoms with Gasteiger partial charge in [-0.1, -0.05) is 60.2 Å². The Labute approximate surface area is 210 Å². The van der Waals surface area contributed by atoms with E-state index in [4.69, 9.17) is 4.74 Å². The van der Waals surface area contributed by atoms with Crippen molar-refractivity contribution in [2.24, 2.45) is 0 Å². The molecule has 4 aromatic rings. The Balaban J connectivity index is 1.51. The topological polar surface area (TPSA) is 72.5 Å². The first-order chi connectivity index (χ1) is 17.3. The van der Waals surface area contributed by atoms with Crippen molar-refractivity contribution >= 4 is 23.3 Å². The molecule has 180 valence electrons. The average Bonchev–Trinajstić information content (AvgIpc) is 2.89. The summed E-state index contributed by atoms with van der Waals surface area (Å²) in [6, 6.07) is 28.1. The number of hydrogen-bond donors (Lipinski definition) is 1. The normalized spacial score (nSPS) is 11.4. The van der Waals surface area contributed by atoms with Gasteiger partial charge in [-0.2, -0.15) is 0 Å². The maximum absolute atomic E-state index is 13.4. The minimum atomic E-state index is -1.08. The van der Waals surface area contributed by atoms with Gasteiger partial charge < -0.3 is 10.1 Å². The highest BCUT2D eigenvalue weighted by Crippen LogP contribution is 2.25. The average molecular weight is 478 g/mol. The minimum absolute atomic E-state index is 0.242. The van der Waals surface area contributed by atoms with Crippen LogP contribution in [0.1, 0.15) is 59.4 Å². The van der Waals surface area contributed by atoms with E-state index in [0.29, 0.717) is 22.4 Å². The van der Waals surface area contributed by atoms with Crippen molar-refractivity contribution in [1.29, 1.82) is 0 Å². The summed E-state index contributed by atoms with van der Waals surface area (Å²) in [7, 11) is 0. The molecule has 0 spiro atoms. The monoisotopic (exact) mass is 477 g/mol. The Kier molecular flexibility index (Phi) is 7.40. The van der Waals surface area contributed by atoms with Crippen LogP contribution >= 0.6 is 0 Å². The Morgan fingerprint density at radius 1 is 0.667 bits per heavy atom. The quantitative estimate of drug-likeness (QED) is 0.239. The molecule has 0 aromatic heterocycles. The molecule has 5 heteroatoms. The second kappa shape index (κ2) is 10.8. The van der Waals surface area contributed by atoms with Crippen LogP contribution in [0.2, 0.25) is 0 Å². The summed E-state index contributed by atoms with van der Waals surface area (Å²) >= 11 is 0. The maximum Gasteiger partial charge on any atom is 0.339 e. The predicted octanol–water partition coefficient (Wildman–Crippen LogP) is 6.65. The zero-order valence-corrected chi connectivity index (χ0v) is 20.4. The predicted molar refractivity (Wildman–Crippen MR) is 140 cm³/mol. The van der Waals surface area contributed by atoms with Gasteiger partial charge in [0.15, 0.2) is 6.10 Å². The van der Waals surface area contributed by atoms with Crippen LogP contribution < -0.4 is 5.32 Å². The molecule has 0 heterocycles. The highest BCUT2D eigenvalue weighted by Gasteiger charge is 2.27. The van der Waals surface area contributed by atoms with Crippen molar-refractivity contribution in [3.63, 3.8) is 0 Å². The highest BCUT2D eigenvalue weighted by atomic mass is 16.5. The van der Waals surface area contributed by atoms with E-state index in [9.17, 15) is 14.4 Å². The summed E-state index contributed by atoms with van der Waals surface area (Å²) in [5, 5.41) is 2.81. The van der Waals surface area contributed by atoms with E-state index in [1.807, 2.05) is 51.1 Å². The van der Waals surface area contributed by atoms with E-state index >= 15 is 0 Å². The van der Waals surface area contributed by atoms with E-state index in [1.165, 1.54) is 0 Å². The molecular weight excluding hydrogens is 450 g/mol. The van der Waals surface area contributed by atoms with E-state index in [0.717, 1.165) is 16.7 Å². The van der Waals surface area contributed by atoms with E-state index in [2.05, 4.69) is 5.32 Å². The standard InChI is InChI=1S/C31H27NO4/c1-20-9-12-24(13-10-20)30(34)32-27-17-15-25(16-18-27)31(35)36-29(23-7-5-4-6-8-23)28(33)26-14-11-21(2)22(3)19-26/h4-19,29H,1-3H3,(H,32,34)/t29-/m1/s1.